The molecule has 0 fully saturated rings. The maximum absolute atomic E-state index is 11.4. The second-order valence-corrected chi connectivity index (χ2v) is 4.24. The molecule has 0 unspecified atom stereocenters. The molecule has 0 aliphatic heterocycles. The van der Waals surface area contributed by atoms with Gasteiger partial charge in [-0.3, -0.25) is 0 Å². The molecule has 14 heavy (non-hydrogen) atoms. The van der Waals surface area contributed by atoms with Gasteiger partial charge < -0.3 is 0 Å². The Morgan fingerprint density at radius 3 is 2.36 bits per heavy atom. The number of nitrogens with zero attached hydrogens (tertiary/aromatic N) is 1. The first kappa shape index (κ1) is 12.8. The van der Waals surface area contributed by atoms with Crippen molar-refractivity contribution in [1.82, 2.24) is 4.72 Å². The maximum Gasteiger partial charge on any atom is 0.257 e. The number of rotatable bonds is 5. The number of hydrogen-bond donors (Lipinski definition) is 1. The molecule has 0 rings (SSSR count). The number of aliphatic imine (C=N–C) groups is 1. The van der Waals surface area contributed by atoms with E-state index in [1.807, 2.05) is 0 Å². The SMILES string of the molecule is C=C/C=C(\N=C(\C)C=C)S(=O)(=O)NC. The first-order chi connectivity index (χ1) is 6.47. The van der Waals surface area contributed by atoms with Crippen LogP contribution in [0.15, 0.2) is 41.4 Å². The van der Waals surface area contributed by atoms with Gasteiger partial charge in [-0.1, -0.05) is 19.2 Å². The summed E-state index contributed by atoms with van der Waals surface area (Å²) >= 11 is 0. The van der Waals surface area contributed by atoms with Crippen molar-refractivity contribution in [2.75, 3.05) is 7.05 Å². The fourth-order valence-corrected chi connectivity index (χ4v) is 1.36. The summed E-state index contributed by atoms with van der Waals surface area (Å²) in [6, 6.07) is 0. The van der Waals surface area contributed by atoms with E-state index >= 15 is 0 Å². The van der Waals surface area contributed by atoms with Crippen LogP contribution in [0, 0.1) is 0 Å². The van der Waals surface area contributed by atoms with E-state index in [2.05, 4.69) is 22.9 Å². The summed E-state index contributed by atoms with van der Waals surface area (Å²) in [7, 11) is -2.20. The summed E-state index contributed by atoms with van der Waals surface area (Å²) in [6.45, 7) is 8.56. The smallest absolute Gasteiger partial charge is 0.240 e. The lowest BCUT2D eigenvalue weighted by Gasteiger charge is -2.02. The summed E-state index contributed by atoms with van der Waals surface area (Å²) in [5.74, 6) is 0. The van der Waals surface area contributed by atoms with Gasteiger partial charge in [0.2, 0.25) is 0 Å². The molecule has 0 amide bonds. The molecule has 1 N–H and O–H groups in total. The van der Waals surface area contributed by atoms with Crippen molar-refractivity contribution in [1.29, 1.82) is 0 Å². The minimum Gasteiger partial charge on any atom is -0.240 e. The summed E-state index contributed by atoms with van der Waals surface area (Å²) in [4.78, 5) is 3.87. The molecule has 0 heterocycles. The summed E-state index contributed by atoms with van der Waals surface area (Å²) in [5, 5.41) is -0.0765. The molecule has 0 bridgehead atoms. The van der Waals surface area contributed by atoms with Gasteiger partial charge in [0.25, 0.3) is 10.0 Å². The largest absolute Gasteiger partial charge is 0.257 e. The summed E-state index contributed by atoms with van der Waals surface area (Å²) in [6.07, 6.45) is 4.16. The van der Waals surface area contributed by atoms with Crippen LogP contribution in [0.5, 0.6) is 0 Å². The summed E-state index contributed by atoms with van der Waals surface area (Å²) in [5.41, 5.74) is 0.525. The van der Waals surface area contributed by atoms with Crippen LogP contribution >= 0.6 is 0 Å². The van der Waals surface area contributed by atoms with Crippen molar-refractivity contribution in [3.05, 3.63) is 36.4 Å². The third-order valence-corrected chi connectivity index (χ3v) is 2.70. The van der Waals surface area contributed by atoms with Gasteiger partial charge in [0.15, 0.2) is 5.03 Å². The molecule has 0 saturated carbocycles. The topological polar surface area (TPSA) is 58.5 Å². The molecule has 4 nitrogen and oxygen atoms in total. The normalized spacial score (nSPS) is 13.9. The van der Waals surface area contributed by atoms with Crippen LogP contribution < -0.4 is 4.72 Å². The number of hydrogen-bond acceptors (Lipinski definition) is 3. The lowest BCUT2D eigenvalue weighted by molar-refractivity contribution is 0.594. The van der Waals surface area contributed by atoms with E-state index < -0.39 is 10.0 Å². The summed E-state index contributed by atoms with van der Waals surface area (Å²) < 4.78 is 24.9. The molecule has 0 aliphatic carbocycles. The fourth-order valence-electron chi connectivity index (χ4n) is 0.612. The predicted molar refractivity (Wildman–Crippen MR) is 59.6 cm³/mol. The second kappa shape index (κ2) is 5.51. The highest BCUT2D eigenvalue weighted by molar-refractivity contribution is 7.93. The quantitative estimate of drug-likeness (QED) is 0.552. The number of allylic oxidation sites excluding steroid dienone is 3. The Morgan fingerprint density at radius 2 is 2.00 bits per heavy atom. The average Bonchev–Trinajstić information content (AvgIpc) is 2.17. The van der Waals surface area contributed by atoms with Crippen LogP contribution in [0.2, 0.25) is 0 Å². The third kappa shape index (κ3) is 3.68. The first-order valence-corrected chi connectivity index (χ1v) is 5.40. The van der Waals surface area contributed by atoms with Crippen molar-refractivity contribution < 1.29 is 8.42 Å². The average molecular weight is 214 g/mol. The van der Waals surface area contributed by atoms with Gasteiger partial charge in [-0.2, -0.15) is 0 Å². The minimum atomic E-state index is -3.52. The Kier molecular flexibility index (Phi) is 5.04. The monoisotopic (exact) mass is 214 g/mol. The highest BCUT2D eigenvalue weighted by Gasteiger charge is 2.12. The van der Waals surface area contributed by atoms with Gasteiger partial charge in [-0.25, -0.2) is 18.1 Å². The van der Waals surface area contributed by atoms with Gasteiger partial charge in [-0.15, -0.1) is 0 Å². The standard InChI is InChI=1S/C9H14N2O2S/c1-5-7-9(11-8(3)6-2)14(12,13)10-4/h5-7,10H,1-2H2,3-4H3/b9-7+,11-8-. The molecule has 0 saturated heterocycles. The van der Waals surface area contributed by atoms with Crippen molar-refractivity contribution in [2.45, 2.75) is 6.92 Å². The van der Waals surface area contributed by atoms with E-state index in [0.29, 0.717) is 5.71 Å². The zero-order chi connectivity index (χ0) is 11.2. The Hall–Kier alpha value is -1.20. The second-order valence-electron chi connectivity index (χ2n) is 2.41. The molecule has 0 aromatic heterocycles. The number of nitrogens with one attached hydrogen (secondary N) is 1. The molecular formula is C9H14N2O2S. The molecule has 0 spiro atoms. The molecule has 0 aromatic carbocycles. The van der Waals surface area contributed by atoms with Crippen LogP contribution in [0.3, 0.4) is 0 Å². The molecule has 5 heteroatoms. The Labute approximate surface area is 84.8 Å². The van der Waals surface area contributed by atoms with Crippen LogP contribution in [-0.4, -0.2) is 21.2 Å². The van der Waals surface area contributed by atoms with Crippen LogP contribution in [0.1, 0.15) is 6.92 Å². The molecule has 0 radical (unpaired) electrons. The van der Waals surface area contributed by atoms with Crippen molar-refractivity contribution in [3.8, 4) is 0 Å². The van der Waals surface area contributed by atoms with Crippen molar-refractivity contribution >= 4 is 15.7 Å². The third-order valence-electron chi connectivity index (χ3n) is 1.39. The number of sulfonamides is 1. The fraction of sp³-hybridized carbons (Fsp3) is 0.222. The molecule has 0 atom stereocenters. The van der Waals surface area contributed by atoms with Gasteiger partial charge in [-0.05, 0) is 26.1 Å². The molecule has 0 aliphatic rings. The van der Waals surface area contributed by atoms with Crippen molar-refractivity contribution in [3.63, 3.8) is 0 Å². The maximum atomic E-state index is 11.4. The lowest BCUT2D eigenvalue weighted by Crippen LogP contribution is -2.20. The van der Waals surface area contributed by atoms with Gasteiger partial charge in [0.05, 0.1) is 0 Å². The molecule has 0 aromatic rings. The van der Waals surface area contributed by atoms with Crippen LogP contribution in [0.4, 0.5) is 0 Å². The van der Waals surface area contributed by atoms with E-state index in [4.69, 9.17) is 0 Å². The van der Waals surface area contributed by atoms with Gasteiger partial charge >= 0.3 is 0 Å². The van der Waals surface area contributed by atoms with Gasteiger partial charge in [0.1, 0.15) is 0 Å². The van der Waals surface area contributed by atoms with E-state index in [1.54, 1.807) is 6.92 Å². The Morgan fingerprint density at radius 1 is 1.43 bits per heavy atom. The van der Waals surface area contributed by atoms with Crippen LogP contribution in [-0.2, 0) is 10.0 Å². The van der Waals surface area contributed by atoms with E-state index in [1.165, 1.54) is 25.3 Å². The first-order valence-electron chi connectivity index (χ1n) is 3.92. The highest BCUT2D eigenvalue weighted by Crippen LogP contribution is 2.06. The van der Waals surface area contributed by atoms with Crippen LogP contribution in [0.25, 0.3) is 0 Å². The zero-order valence-electron chi connectivity index (χ0n) is 8.32. The van der Waals surface area contributed by atoms with Crippen molar-refractivity contribution in [2.24, 2.45) is 4.99 Å². The predicted octanol–water partition coefficient (Wildman–Crippen LogP) is 1.21. The lowest BCUT2D eigenvalue weighted by atomic mass is 10.4. The van der Waals surface area contributed by atoms with E-state index in [-0.39, 0.29) is 5.03 Å². The Balaban J connectivity index is 5.30. The minimum absolute atomic E-state index is 0.0765. The highest BCUT2D eigenvalue weighted by atomic mass is 32.2. The molecule has 78 valence electrons. The van der Waals surface area contributed by atoms with E-state index in [0.717, 1.165) is 0 Å². The Bertz CT molecular complexity index is 378. The van der Waals surface area contributed by atoms with Gasteiger partial charge in [0, 0.05) is 5.71 Å². The zero-order valence-corrected chi connectivity index (χ0v) is 9.13. The molecular weight excluding hydrogens is 200 g/mol. The van der Waals surface area contributed by atoms with E-state index in [9.17, 15) is 8.42 Å².